The third-order valence-electron chi connectivity index (χ3n) is 6.43. The van der Waals surface area contributed by atoms with Gasteiger partial charge < -0.3 is 14.4 Å². The maximum Gasteiger partial charge on any atom is 0.482 e. The quantitative estimate of drug-likeness (QED) is 0.737. The second-order valence-electron chi connectivity index (χ2n) is 8.67. The van der Waals surface area contributed by atoms with Gasteiger partial charge in [0, 0.05) is 12.6 Å². The molecule has 7 nitrogen and oxygen atoms in total. The third kappa shape index (κ3) is 5.01. The first kappa shape index (κ1) is 22.4. The van der Waals surface area contributed by atoms with Crippen LogP contribution in [-0.2, 0) is 19.6 Å². The average molecular weight is 459 g/mol. The summed E-state index contributed by atoms with van der Waals surface area (Å²) in [5, 5.41) is 0. The Morgan fingerprint density at radius 3 is 2.55 bits per heavy atom. The van der Waals surface area contributed by atoms with Gasteiger partial charge in [-0.2, -0.15) is 8.78 Å². The van der Waals surface area contributed by atoms with Crippen LogP contribution in [-0.4, -0.2) is 62.9 Å². The Labute approximate surface area is 181 Å². The maximum atomic E-state index is 15.1. The van der Waals surface area contributed by atoms with Crippen molar-refractivity contribution in [1.82, 2.24) is 9.62 Å². The van der Waals surface area contributed by atoms with Crippen LogP contribution in [0.25, 0.3) is 0 Å². The topological polar surface area (TPSA) is 84.9 Å². The number of piperidine rings is 1. The summed E-state index contributed by atoms with van der Waals surface area (Å²) in [5.41, 5.74) is 0.680. The van der Waals surface area contributed by atoms with E-state index in [0.717, 1.165) is 36.8 Å². The lowest BCUT2D eigenvalue weighted by Crippen LogP contribution is -2.62. The molecular formula is C21H28F2N2O5S. The summed E-state index contributed by atoms with van der Waals surface area (Å²) in [7, 11) is -3.59. The smallest absolute Gasteiger partial charge is 0.425 e. The van der Waals surface area contributed by atoms with Crippen LogP contribution in [0.2, 0.25) is 0 Å². The van der Waals surface area contributed by atoms with Crippen molar-refractivity contribution in [2.45, 2.75) is 68.7 Å². The van der Waals surface area contributed by atoms with Gasteiger partial charge in [0.1, 0.15) is 5.75 Å². The number of sulfonamides is 1. The van der Waals surface area contributed by atoms with E-state index in [1.54, 1.807) is 18.2 Å². The molecule has 0 aromatic heterocycles. The lowest BCUT2D eigenvalue weighted by Gasteiger charge is -2.42. The van der Waals surface area contributed by atoms with E-state index in [0.29, 0.717) is 18.4 Å². The van der Waals surface area contributed by atoms with Crippen molar-refractivity contribution in [3.8, 4) is 5.75 Å². The highest BCUT2D eigenvalue weighted by Crippen LogP contribution is 2.40. The molecule has 2 bridgehead atoms. The molecule has 3 aliphatic heterocycles. The Kier molecular flexibility index (Phi) is 6.24. The highest BCUT2D eigenvalue weighted by molar-refractivity contribution is 7.88. The van der Waals surface area contributed by atoms with Gasteiger partial charge in [0.2, 0.25) is 10.0 Å². The Hall–Kier alpha value is -1.78. The number of halogens is 2. The molecule has 0 spiro atoms. The largest absolute Gasteiger partial charge is 0.482 e. The lowest BCUT2D eigenvalue weighted by atomic mass is 9.82. The van der Waals surface area contributed by atoms with Gasteiger partial charge in [0.15, 0.2) is 0 Å². The van der Waals surface area contributed by atoms with Crippen LogP contribution < -0.4 is 9.46 Å². The van der Waals surface area contributed by atoms with E-state index in [2.05, 4.69) is 4.72 Å². The minimum atomic E-state index is -4.08. The summed E-state index contributed by atoms with van der Waals surface area (Å²) in [5.74, 6) is -1.39. The van der Waals surface area contributed by atoms with Gasteiger partial charge in [0.25, 0.3) is 0 Å². The summed E-state index contributed by atoms with van der Waals surface area (Å²) < 4.78 is 67.4. The number of fused-ring (bicyclic) bond motifs is 5. The maximum absolute atomic E-state index is 15.1. The number of nitrogens with one attached hydrogen (secondary N) is 1. The fraction of sp³-hybridized carbons (Fsp3) is 0.667. The number of hydrogen-bond donors (Lipinski definition) is 1. The summed E-state index contributed by atoms with van der Waals surface area (Å²) in [6, 6.07) is 5.11. The first-order valence-electron chi connectivity index (χ1n) is 10.7. The van der Waals surface area contributed by atoms with Crippen molar-refractivity contribution < 1.29 is 31.5 Å². The van der Waals surface area contributed by atoms with Crippen LogP contribution in [0.15, 0.2) is 24.3 Å². The Morgan fingerprint density at radius 2 is 1.84 bits per heavy atom. The first-order chi connectivity index (χ1) is 14.6. The van der Waals surface area contributed by atoms with E-state index in [1.807, 2.05) is 0 Å². The predicted molar refractivity (Wildman–Crippen MR) is 109 cm³/mol. The van der Waals surface area contributed by atoms with E-state index >= 15 is 8.78 Å². The van der Waals surface area contributed by atoms with Gasteiger partial charge in [-0.05, 0) is 56.1 Å². The van der Waals surface area contributed by atoms with Crippen LogP contribution in [0.3, 0.4) is 0 Å². The first-order valence-corrected chi connectivity index (χ1v) is 12.6. The SMILES string of the molecule is CS(=O)(=O)NC1CCCN2C(=O)C(F)(F)Oc3ccccc3C3CCC(CC3)OCC12. The van der Waals surface area contributed by atoms with Crippen LogP contribution in [0, 0.1) is 0 Å². The van der Waals surface area contributed by atoms with Crippen LogP contribution in [0.4, 0.5) is 8.78 Å². The Morgan fingerprint density at radius 1 is 1.13 bits per heavy atom. The molecule has 10 heteroatoms. The summed E-state index contributed by atoms with van der Waals surface area (Å²) in [6.45, 7) is 0.0833. The molecule has 172 valence electrons. The van der Waals surface area contributed by atoms with Gasteiger partial charge >= 0.3 is 12.0 Å². The lowest BCUT2D eigenvalue weighted by molar-refractivity contribution is -0.208. The van der Waals surface area contributed by atoms with Gasteiger partial charge in [-0.15, -0.1) is 0 Å². The fourth-order valence-corrected chi connectivity index (χ4v) is 5.79. The molecule has 31 heavy (non-hydrogen) atoms. The molecule has 1 aromatic carbocycles. The standard InChI is InChI=1S/C21H28F2N2O5S/c1-31(27,28)24-17-6-4-12-25-18(17)13-29-15-10-8-14(9-11-15)16-5-2-3-7-19(16)30-21(22,23)20(25)26/h2-3,5,7,14-15,17-18,24H,4,6,8-13H2,1H3. The third-order valence-corrected chi connectivity index (χ3v) is 7.16. The van der Waals surface area contributed by atoms with E-state index in [9.17, 15) is 13.2 Å². The molecule has 4 aliphatic rings. The number of benzene rings is 1. The zero-order valence-electron chi connectivity index (χ0n) is 17.4. The van der Waals surface area contributed by atoms with Crippen molar-refractivity contribution in [2.24, 2.45) is 0 Å². The van der Waals surface area contributed by atoms with Gasteiger partial charge in [0.05, 0.1) is 25.0 Å². The van der Waals surface area contributed by atoms with Crippen LogP contribution in [0.5, 0.6) is 5.75 Å². The van der Waals surface area contributed by atoms with Crippen LogP contribution in [0.1, 0.15) is 50.0 Å². The second kappa shape index (κ2) is 8.63. The van der Waals surface area contributed by atoms with Crippen LogP contribution >= 0.6 is 0 Å². The van der Waals surface area contributed by atoms with Crippen molar-refractivity contribution in [1.29, 1.82) is 0 Å². The number of hydrogen-bond acceptors (Lipinski definition) is 5. The molecule has 3 heterocycles. The van der Waals surface area contributed by atoms with E-state index in [4.69, 9.17) is 9.47 Å². The number of nitrogens with zero attached hydrogens (tertiary/aromatic N) is 1. The van der Waals surface area contributed by atoms with E-state index < -0.39 is 34.1 Å². The van der Waals surface area contributed by atoms with Crippen molar-refractivity contribution in [3.05, 3.63) is 29.8 Å². The van der Waals surface area contributed by atoms with E-state index in [-0.39, 0.29) is 30.9 Å². The molecular weight excluding hydrogens is 430 g/mol. The minimum absolute atomic E-state index is 0.00269. The molecule has 2 fully saturated rings. The van der Waals surface area contributed by atoms with Gasteiger partial charge in [-0.3, -0.25) is 4.79 Å². The minimum Gasteiger partial charge on any atom is -0.425 e. The number of para-hydroxylation sites is 1. The Bertz CT molecular complexity index is 918. The van der Waals surface area contributed by atoms with Crippen molar-refractivity contribution >= 4 is 15.9 Å². The summed E-state index contributed by atoms with van der Waals surface area (Å²) in [4.78, 5) is 13.9. The molecule has 1 saturated carbocycles. The van der Waals surface area contributed by atoms with Gasteiger partial charge in [-0.25, -0.2) is 13.1 Å². The zero-order valence-corrected chi connectivity index (χ0v) is 18.2. The monoisotopic (exact) mass is 458 g/mol. The summed E-state index contributed by atoms with van der Waals surface area (Å²) >= 11 is 0. The molecule has 5 rings (SSSR count). The number of carbonyl (C=O) groups excluding carboxylic acids is 1. The number of alkyl halides is 2. The Balaban J connectivity index is 1.70. The normalized spacial score (nSPS) is 31.5. The molecule has 1 N–H and O–H groups in total. The number of amides is 1. The van der Waals surface area contributed by atoms with Crippen molar-refractivity contribution in [3.63, 3.8) is 0 Å². The molecule has 2 unspecified atom stereocenters. The average Bonchev–Trinajstić information content (AvgIpc) is 2.72. The molecule has 1 aromatic rings. The molecule has 0 radical (unpaired) electrons. The highest BCUT2D eigenvalue weighted by Gasteiger charge is 2.50. The predicted octanol–water partition coefficient (Wildman–Crippen LogP) is 2.62. The molecule has 1 amide bonds. The highest BCUT2D eigenvalue weighted by atomic mass is 32.2. The molecule has 2 atom stereocenters. The number of rotatable bonds is 2. The van der Waals surface area contributed by atoms with Gasteiger partial charge in [-0.1, -0.05) is 18.2 Å². The zero-order chi connectivity index (χ0) is 22.2. The number of carbonyl (C=O) groups is 1. The molecule has 1 saturated heterocycles. The van der Waals surface area contributed by atoms with Crippen molar-refractivity contribution in [2.75, 3.05) is 19.4 Å². The molecule has 1 aliphatic carbocycles. The van der Waals surface area contributed by atoms with E-state index in [1.165, 1.54) is 6.07 Å². The summed E-state index contributed by atoms with van der Waals surface area (Å²) in [6.07, 6.45) is 0.787. The fourth-order valence-electron chi connectivity index (χ4n) is 4.96. The second-order valence-corrected chi connectivity index (χ2v) is 10.4. The number of ether oxygens (including phenoxy) is 2.